The van der Waals surface area contributed by atoms with Gasteiger partial charge in [-0.2, -0.15) is 0 Å². The first kappa shape index (κ1) is 18.8. The Kier molecular flexibility index (Phi) is 7.93. The van der Waals surface area contributed by atoms with Crippen molar-refractivity contribution in [2.75, 3.05) is 19.7 Å². The highest BCUT2D eigenvalue weighted by molar-refractivity contribution is 7.10. The summed E-state index contributed by atoms with van der Waals surface area (Å²) in [5.41, 5.74) is 1.12. The molecule has 0 bridgehead atoms. The number of hydrogen-bond donors (Lipinski definition) is 0. The molecule has 2 rings (SSSR count). The van der Waals surface area contributed by atoms with Crippen LogP contribution in [0.4, 0.5) is 8.78 Å². The number of ether oxygens (including phenoxy) is 1. The summed E-state index contributed by atoms with van der Waals surface area (Å²) in [6, 6.07) is 2.50. The van der Waals surface area contributed by atoms with Crippen LogP contribution in [0, 0.1) is 0 Å². The van der Waals surface area contributed by atoms with Crippen molar-refractivity contribution in [1.29, 1.82) is 0 Å². The molecule has 0 aliphatic carbocycles. The molecule has 2 atom stereocenters. The largest absolute Gasteiger partial charge is 0.378 e. The average molecular weight is 345 g/mol. The highest BCUT2D eigenvalue weighted by Crippen LogP contribution is 2.22. The second-order valence-electron chi connectivity index (χ2n) is 6.52. The summed E-state index contributed by atoms with van der Waals surface area (Å²) >= 11 is 1.43. The number of likely N-dealkylation sites (tertiary alicyclic amines) is 1. The summed E-state index contributed by atoms with van der Waals surface area (Å²) in [5.74, 6) is 0. The Hall–Kier alpha value is -0.520. The van der Waals surface area contributed by atoms with E-state index in [4.69, 9.17) is 4.74 Å². The van der Waals surface area contributed by atoms with E-state index in [1.807, 2.05) is 11.4 Å². The minimum Gasteiger partial charge on any atom is -0.378 e. The van der Waals surface area contributed by atoms with Gasteiger partial charge in [-0.1, -0.05) is 13.3 Å². The van der Waals surface area contributed by atoms with Gasteiger partial charge < -0.3 is 9.64 Å². The van der Waals surface area contributed by atoms with Crippen molar-refractivity contribution in [3.8, 4) is 0 Å². The summed E-state index contributed by atoms with van der Waals surface area (Å²) in [4.78, 5) is 3.34. The fraction of sp³-hybridized carbons (Fsp3) is 0.778. The number of alkyl halides is 2. The first-order valence-electron chi connectivity index (χ1n) is 8.78. The normalized spacial score (nSPS) is 22.8. The molecular formula is C18H29F2NOS. The van der Waals surface area contributed by atoms with Gasteiger partial charge in [-0.3, -0.25) is 0 Å². The molecule has 0 aromatic carbocycles. The van der Waals surface area contributed by atoms with Crippen LogP contribution in [0.25, 0.3) is 0 Å². The van der Waals surface area contributed by atoms with E-state index in [0.717, 1.165) is 36.2 Å². The predicted octanol–water partition coefficient (Wildman–Crippen LogP) is 4.77. The molecule has 0 spiro atoms. The Morgan fingerprint density at radius 3 is 2.96 bits per heavy atom. The molecule has 0 saturated carbocycles. The Morgan fingerprint density at radius 1 is 1.43 bits per heavy atom. The summed E-state index contributed by atoms with van der Waals surface area (Å²) in [5, 5.41) is 1.98. The monoisotopic (exact) mass is 345 g/mol. The number of unbranched alkanes of at least 4 members (excludes halogenated alkanes) is 1. The van der Waals surface area contributed by atoms with E-state index in [2.05, 4.69) is 18.7 Å². The van der Waals surface area contributed by atoms with Crippen LogP contribution in [0.1, 0.15) is 50.0 Å². The molecular weight excluding hydrogens is 316 g/mol. The lowest BCUT2D eigenvalue weighted by Crippen LogP contribution is -2.43. The molecule has 0 amide bonds. The Balaban J connectivity index is 1.66. The van der Waals surface area contributed by atoms with E-state index >= 15 is 0 Å². The fourth-order valence-corrected chi connectivity index (χ4v) is 4.11. The van der Waals surface area contributed by atoms with Crippen LogP contribution in [0.15, 0.2) is 11.4 Å². The predicted molar refractivity (Wildman–Crippen MR) is 92.6 cm³/mol. The Bertz CT molecular complexity index is 452. The molecule has 1 aromatic heterocycles. The molecule has 0 N–H and O–H groups in total. The van der Waals surface area contributed by atoms with E-state index < -0.39 is 6.43 Å². The van der Waals surface area contributed by atoms with E-state index in [9.17, 15) is 8.78 Å². The number of halogens is 2. The first-order valence-corrected chi connectivity index (χ1v) is 9.66. The van der Waals surface area contributed by atoms with Gasteiger partial charge >= 0.3 is 0 Å². The fourth-order valence-electron chi connectivity index (χ4n) is 3.18. The number of hydrogen-bond acceptors (Lipinski definition) is 3. The van der Waals surface area contributed by atoms with Crippen LogP contribution in [-0.4, -0.2) is 43.2 Å². The molecule has 5 heteroatoms. The van der Waals surface area contributed by atoms with Gasteiger partial charge in [-0.25, -0.2) is 8.78 Å². The summed E-state index contributed by atoms with van der Waals surface area (Å²) < 4.78 is 30.7. The Labute approximate surface area is 142 Å². The minimum absolute atomic E-state index is 0.126. The number of nitrogens with zero attached hydrogens (tertiary/aromatic N) is 1. The Morgan fingerprint density at radius 2 is 2.26 bits per heavy atom. The summed E-state index contributed by atoms with van der Waals surface area (Å²) in [6.07, 6.45) is 3.52. The molecule has 1 aliphatic rings. The van der Waals surface area contributed by atoms with Crippen molar-refractivity contribution in [2.45, 2.75) is 70.9 Å². The number of thiophene rings is 1. The molecule has 0 unspecified atom stereocenters. The summed E-state index contributed by atoms with van der Waals surface area (Å²) in [6.45, 7) is 7.55. The molecule has 1 saturated heterocycles. The quantitative estimate of drug-likeness (QED) is 0.639. The first-order chi connectivity index (χ1) is 11.1. The molecule has 0 radical (unpaired) electrons. The molecule has 1 aliphatic heterocycles. The third-order valence-electron chi connectivity index (χ3n) is 4.57. The maximum absolute atomic E-state index is 12.3. The van der Waals surface area contributed by atoms with Crippen molar-refractivity contribution < 1.29 is 13.5 Å². The number of rotatable bonds is 9. The second-order valence-corrected chi connectivity index (χ2v) is 7.52. The maximum Gasteiger partial charge on any atom is 0.243 e. The van der Waals surface area contributed by atoms with E-state index in [0.29, 0.717) is 18.8 Å². The zero-order valence-electron chi connectivity index (χ0n) is 14.3. The van der Waals surface area contributed by atoms with Crippen LogP contribution in [0.5, 0.6) is 0 Å². The van der Waals surface area contributed by atoms with Gasteiger partial charge in [0, 0.05) is 23.9 Å². The molecule has 132 valence electrons. The van der Waals surface area contributed by atoms with Gasteiger partial charge in [0.2, 0.25) is 6.43 Å². The summed E-state index contributed by atoms with van der Waals surface area (Å²) in [7, 11) is 0. The lowest BCUT2D eigenvalue weighted by Gasteiger charge is -2.37. The van der Waals surface area contributed by atoms with Crippen molar-refractivity contribution in [1.82, 2.24) is 4.90 Å². The number of piperidine rings is 1. The maximum atomic E-state index is 12.3. The van der Waals surface area contributed by atoms with Crippen LogP contribution >= 0.6 is 11.3 Å². The zero-order chi connectivity index (χ0) is 16.7. The highest BCUT2D eigenvalue weighted by Gasteiger charge is 2.25. The highest BCUT2D eigenvalue weighted by atomic mass is 32.1. The van der Waals surface area contributed by atoms with Crippen molar-refractivity contribution in [3.63, 3.8) is 0 Å². The van der Waals surface area contributed by atoms with Gasteiger partial charge in [0.15, 0.2) is 0 Å². The average Bonchev–Trinajstić information content (AvgIpc) is 2.93. The molecule has 2 nitrogen and oxygen atoms in total. The van der Waals surface area contributed by atoms with E-state index in [1.54, 1.807) is 0 Å². The van der Waals surface area contributed by atoms with Crippen molar-refractivity contribution in [3.05, 3.63) is 21.9 Å². The standard InChI is InChI=1S/C18H29F2NOS/c1-3-4-7-21-8-5-16(10-14(21)2)22-9-6-15-11-17(23-13-15)12-18(19)20/h11,13-14,16,18H,3-10,12H2,1-2H3/t14-,16+/m0/s1. The van der Waals surface area contributed by atoms with Gasteiger partial charge in [-0.05, 0) is 56.2 Å². The molecule has 1 aromatic rings. The van der Waals surface area contributed by atoms with Crippen molar-refractivity contribution >= 4 is 11.3 Å². The smallest absolute Gasteiger partial charge is 0.243 e. The van der Waals surface area contributed by atoms with Crippen LogP contribution in [-0.2, 0) is 17.6 Å². The topological polar surface area (TPSA) is 12.5 Å². The van der Waals surface area contributed by atoms with Gasteiger partial charge in [0.05, 0.1) is 12.7 Å². The third-order valence-corrected chi connectivity index (χ3v) is 5.58. The van der Waals surface area contributed by atoms with Crippen LogP contribution in [0.2, 0.25) is 0 Å². The van der Waals surface area contributed by atoms with Gasteiger partial charge in [0.25, 0.3) is 0 Å². The van der Waals surface area contributed by atoms with Crippen LogP contribution < -0.4 is 0 Å². The van der Waals surface area contributed by atoms with Gasteiger partial charge in [0.1, 0.15) is 0 Å². The van der Waals surface area contributed by atoms with Crippen molar-refractivity contribution in [2.24, 2.45) is 0 Å². The second kappa shape index (κ2) is 9.70. The van der Waals surface area contributed by atoms with E-state index in [1.165, 1.54) is 30.7 Å². The minimum atomic E-state index is -2.25. The molecule has 23 heavy (non-hydrogen) atoms. The van der Waals surface area contributed by atoms with Crippen LogP contribution in [0.3, 0.4) is 0 Å². The lowest BCUT2D eigenvalue weighted by atomic mass is 10.00. The third kappa shape index (κ3) is 6.48. The molecule has 2 heterocycles. The SMILES string of the molecule is CCCCN1CC[C@@H](OCCc2csc(CC(F)F)c2)C[C@@H]1C. The lowest BCUT2D eigenvalue weighted by molar-refractivity contribution is -0.0106. The molecule has 1 fully saturated rings. The van der Waals surface area contributed by atoms with E-state index in [-0.39, 0.29) is 6.42 Å². The zero-order valence-corrected chi connectivity index (χ0v) is 15.1. The van der Waals surface area contributed by atoms with Gasteiger partial charge in [-0.15, -0.1) is 11.3 Å².